The predicted molar refractivity (Wildman–Crippen MR) is 83.7 cm³/mol. The molecule has 0 unspecified atom stereocenters. The molecule has 1 aromatic carbocycles. The third-order valence-electron chi connectivity index (χ3n) is 2.88. The van der Waals surface area contributed by atoms with Gasteiger partial charge in [-0.05, 0) is 57.3 Å². The van der Waals surface area contributed by atoms with E-state index in [9.17, 15) is 0 Å². The first-order valence-electron chi connectivity index (χ1n) is 7.00. The maximum absolute atomic E-state index is 6.25. The first-order chi connectivity index (χ1) is 9.19. The van der Waals surface area contributed by atoms with Crippen molar-refractivity contribution in [2.45, 2.75) is 39.5 Å². The molecule has 1 N–H and O–H groups in total. The summed E-state index contributed by atoms with van der Waals surface area (Å²) in [6.45, 7) is 6.86. The van der Waals surface area contributed by atoms with Crippen LogP contribution in [0.15, 0.2) is 12.1 Å². The third-order valence-corrected chi connectivity index (χ3v) is 3.52. The van der Waals surface area contributed by atoms with Gasteiger partial charge in [0.05, 0.1) is 11.6 Å². The maximum atomic E-state index is 6.25. The Morgan fingerprint density at radius 1 is 1.05 bits per heavy atom. The number of aryl methyl sites for hydroxylation is 1. The van der Waals surface area contributed by atoms with Crippen molar-refractivity contribution in [1.82, 2.24) is 5.32 Å². The Hall–Kier alpha value is -0.440. The second kappa shape index (κ2) is 9.46. The molecule has 0 radical (unpaired) electrons. The van der Waals surface area contributed by atoms with Crippen molar-refractivity contribution in [3.8, 4) is 5.75 Å². The van der Waals surface area contributed by atoms with Crippen molar-refractivity contribution in [2.75, 3.05) is 19.7 Å². The monoisotopic (exact) mass is 303 g/mol. The minimum Gasteiger partial charge on any atom is -0.492 e. The SMILES string of the molecule is CCCNCCCCc1cc(Cl)c(OCC)cc1Cl. The summed E-state index contributed by atoms with van der Waals surface area (Å²) >= 11 is 12.4. The number of hydrogen-bond acceptors (Lipinski definition) is 2. The molecule has 1 rings (SSSR count). The Balaban J connectivity index is 2.43. The van der Waals surface area contributed by atoms with Gasteiger partial charge in [-0.1, -0.05) is 30.1 Å². The molecule has 0 spiro atoms. The molecule has 0 aliphatic rings. The van der Waals surface area contributed by atoms with Crippen LogP contribution in [0.1, 0.15) is 38.7 Å². The summed E-state index contributed by atoms with van der Waals surface area (Å²) in [6.07, 6.45) is 4.40. The lowest BCUT2D eigenvalue weighted by Gasteiger charge is -2.10. The zero-order valence-electron chi connectivity index (χ0n) is 11.8. The van der Waals surface area contributed by atoms with E-state index in [1.807, 2.05) is 19.1 Å². The molecule has 0 atom stereocenters. The number of rotatable bonds is 9. The lowest BCUT2D eigenvalue weighted by molar-refractivity contribution is 0.340. The molecule has 0 aliphatic heterocycles. The molecule has 0 amide bonds. The van der Waals surface area contributed by atoms with Crippen molar-refractivity contribution in [3.63, 3.8) is 0 Å². The van der Waals surface area contributed by atoms with Gasteiger partial charge in [-0.25, -0.2) is 0 Å². The zero-order chi connectivity index (χ0) is 14.1. The van der Waals surface area contributed by atoms with E-state index in [1.165, 1.54) is 6.42 Å². The molecule has 19 heavy (non-hydrogen) atoms. The van der Waals surface area contributed by atoms with Gasteiger partial charge in [-0.15, -0.1) is 0 Å². The van der Waals surface area contributed by atoms with Gasteiger partial charge in [0.25, 0.3) is 0 Å². The predicted octanol–water partition coefficient (Wildman–Crippen LogP) is 4.71. The minimum absolute atomic E-state index is 0.596. The van der Waals surface area contributed by atoms with E-state index in [0.29, 0.717) is 17.4 Å². The number of unbranched alkanes of at least 4 members (excludes halogenated alkanes) is 1. The smallest absolute Gasteiger partial charge is 0.139 e. The summed E-state index contributed by atoms with van der Waals surface area (Å²) in [5, 5.41) is 4.78. The van der Waals surface area contributed by atoms with Crippen molar-refractivity contribution >= 4 is 23.2 Å². The highest BCUT2D eigenvalue weighted by Crippen LogP contribution is 2.31. The van der Waals surface area contributed by atoms with Crippen LogP contribution >= 0.6 is 23.2 Å². The Morgan fingerprint density at radius 2 is 1.84 bits per heavy atom. The Labute approximate surface area is 126 Å². The van der Waals surface area contributed by atoms with Gasteiger partial charge < -0.3 is 10.1 Å². The molecule has 1 aromatic rings. The minimum atomic E-state index is 0.596. The molecule has 0 aromatic heterocycles. The van der Waals surface area contributed by atoms with E-state index in [1.54, 1.807) is 0 Å². The highest BCUT2D eigenvalue weighted by Gasteiger charge is 2.08. The maximum Gasteiger partial charge on any atom is 0.139 e. The molecular weight excluding hydrogens is 281 g/mol. The fourth-order valence-corrected chi connectivity index (χ4v) is 2.38. The van der Waals surface area contributed by atoms with Gasteiger partial charge in [0.2, 0.25) is 0 Å². The van der Waals surface area contributed by atoms with Crippen LogP contribution in [0.4, 0.5) is 0 Å². The number of hydrogen-bond donors (Lipinski definition) is 1. The Kier molecular flexibility index (Phi) is 8.27. The molecule has 0 saturated heterocycles. The first-order valence-corrected chi connectivity index (χ1v) is 7.76. The molecule has 0 fully saturated rings. The van der Waals surface area contributed by atoms with Crippen molar-refractivity contribution in [3.05, 3.63) is 27.7 Å². The van der Waals surface area contributed by atoms with E-state index in [-0.39, 0.29) is 0 Å². The highest BCUT2D eigenvalue weighted by molar-refractivity contribution is 6.34. The Bertz CT molecular complexity index is 383. The fourth-order valence-electron chi connectivity index (χ4n) is 1.89. The molecular formula is C15H23Cl2NO. The Morgan fingerprint density at radius 3 is 2.53 bits per heavy atom. The van der Waals surface area contributed by atoms with Crippen LogP contribution in [-0.4, -0.2) is 19.7 Å². The molecule has 2 nitrogen and oxygen atoms in total. The first kappa shape index (κ1) is 16.6. The summed E-state index contributed by atoms with van der Waals surface area (Å²) < 4.78 is 5.42. The van der Waals surface area contributed by atoms with Crippen LogP contribution in [0, 0.1) is 0 Å². The van der Waals surface area contributed by atoms with Gasteiger partial charge >= 0.3 is 0 Å². The number of benzene rings is 1. The van der Waals surface area contributed by atoms with Gasteiger partial charge in [-0.3, -0.25) is 0 Å². The summed E-state index contributed by atoms with van der Waals surface area (Å²) in [5.74, 6) is 0.669. The quantitative estimate of drug-likeness (QED) is 0.667. The molecule has 0 saturated carbocycles. The van der Waals surface area contributed by atoms with E-state index >= 15 is 0 Å². The summed E-state index contributed by atoms with van der Waals surface area (Å²) in [4.78, 5) is 0. The third kappa shape index (κ3) is 6.03. The molecule has 108 valence electrons. The van der Waals surface area contributed by atoms with Crippen LogP contribution in [0.5, 0.6) is 5.75 Å². The van der Waals surface area contributed by atoms with Gasteiger partial charge in [0.1, 0.15) is 5.75 Å². The number of halogens is 2. The van der Waals surface area contributed by atoms with E-state index in [4.69, 9.17) is 27.9 Å². The van der Waals surface area contributed by atoms with Gasteiger partial charge in [0.15, 0.2) is 0 Å². The van der Waals surface area contributed by atoms with Gasteiger partial charge in [0, 0.05) is 11.1 Å². The molecule has 4 heteroatoms. The van der Waals surface area contributed by atoms with Crippen LogP contribution in [0.2, 0.25) is 10.0 Å². The second-order valence-corrected chi connectivity index (χ2v) is 5.33. The number of nitrogens with one attached hydrogen (secondary N) is 1. The number of ether oxygens (including phenoxy) is 1. The van der Waals surface area contributed by atoms with E-state index < -0.39 is 0 Å². The normalized spacial score (nSPS) is 10.7. The lowest BCUT2D eigenvalue weighted by Crippen LogP contribution is -2.15. The zero-order valence-corrected chi connectivity index (χ0v) is 13.3. The average molecular weight is 304 g/mol. The van der Waals surface area contributed by atoms with Gasteiger partial charge in [-0.2, -0.15) is 0 Å². The van der Waals surface area contributed by atoms with E-state index in [2.05, 4.69) is 12.2 Å². The second-order valence-electron chi connectivity index (χ2n) is 4.51. The van der Waals surface area contributed by atoms with Crippen LogP contribution in [0.3, 0.4) is 0 Å². The van der Waals surface area contributed by atoms with Crippen molar-refractivity contribution in [1.29, 1.82) is 0 Å². The summed E-state index contributed by atoms with van der Waals surface area (Å²) in [5.41, 5.74) is 1.10. The van der Waals surface area contributed by atoms with Crippen molar-refractivity contribution < 1.29 is 4.74 Å². The molecule has 0 heterocycles. The lowest BCUT2D eigenvalue weighted by atomic mass is 10.1. The largest absolute Gasteiger partial charge is 0.492 e. The van der Waals surface area contributed by atoms with E-state index in [0.717, 1.165) is 42.9 Å². The van der Waals surface area contributed by atoms with Crippen LogP contribution in [0.25, 0.3) is 0 Å². The molecule has 0 aliphatic carbocycles. The topological polar surface area (TPSA) is 21.3 Å². The van der Waals surface area contributed by atoms with Crippen LogP contribution < -0.4 is 10.1 Å². The molecule has 0 bridgehead atoms. The standard InChI is InChI=1S/C15H23Cl2NO/c1-3-8-18-9-6-5-7-12-10-14(17)15(19-4-2)11-13(12)16/h10-11,18H,3-9H2,1-2H3. The van der Waals surface area contributed by atoms with Crippen LogP contribution in [-0.2, 0) is 6.42 Å². The fraction of sp³-hybridized carbons (Fsp3) is 0.600. The van der Waals surface area contributed by atoms with Crippen molar-refractivity contribution in [2.24, 2.45) is 0 Å². The summed E-state index contributed by atoms with van der Waals surface area (Å²) in [6, 6.07) is 3.74. The average Bonchev–Trinajstić information content (AvgIpc) is 2.39. The highest BCUT2D eigenvalue weighted by atomic mass is 35.5. The summed E-state index contributed by atoms with van der Waals surface area (Å²) in [7, 11) is 0.